The van der Waals surface area contributed by atoms with E-state index in [1.165, 1.54) is 12.5 Å². The molecule has 14 heavy (non-hydrogen) atoms. The van der Waals surface area contributed by atoms with E-state index in [0.717, 1.165) is 0 Å². The molecule has 0 aliphatic carbocycles. The number of halogens is 1. The maximum atomic E-state index is 11.8. The molecule has 0 N–H and O–H groups in total. The van der Waals surface area contributed by atoms with Crippen molar-refractivity contribution in [3.8, 4) is 0 Å². The maximum absolute atomic E-state index is 11.8. The van der Waals surface area contributed by atoms with Crippen molar-refractivity contribution < 1.29 is 9.21 Å². The topological polar surface area (TPSA) is 33.5 Å². The third-order valence-electron chi connectivity index (χ3n) is 1.98. The number of amides is 1. The lowest BCUT2D eigenvalue weighted by molar-refractivity contribution is 0.0717. The number of alkyl halides is 1. The van der Waals surface area contributed by atoms with Crippen LogP contribution in [0.25, 0.3) is 0 Å². The third-order valence-corrected chi connectivity index (χ3v) is 2.15. The van der Waals surface area contributed by atoms with E-state index in [1.807, 2.05) is 13.8 Å². The van der Waals surface area contributed by atoms with E-state index < -0.39 is 0 Å². The number of hydrogen-bond donors (Lipinski definition) is 0. The number of carbonyl (C=O) groups excluding carboxylic acids is 1. The van der Waals surface area contributed by atoms with Crippen molar-refractivity contribution in [2.75, 3.05) is 12.4 Å². The van der Waals surface area contributed by atoms with Gasteiger partial charge in [-0.05, 0) is 19.9 Å². The molecule has 0 unspecified atom stereocenters. The van der Waals surface area contributed by atoms with Gasteiger partial charge in [0.25, 0.3) is 5.91 Å². The van der Waals surface area contributed by atoms with Crippen molar-refractivity contribution in [1.29, 1.82) is 0 Å². The fraction of sp³-hybridized carbons (Fsp3) is 0.500. The average Bonchev–Trinajstić information content (AvgIpc) is 2.65. The van der Waals surface area contributed by atoms with Crippen molar-refractivity contribution in [3.63, 3.8) is 0 Å². The van der Waals surface area contributed by atoms with Crippen LogP contribution in [0, 0.1) is 0 Å². The van der Waals surface area contributed by atoms with E-state index in [1.54, 1.807) is 11.0 Å². The Hall–Kier alpha value is -0.960. The number of hydrogen-bond acceptors (Lipinski definition) is 2. The molecule has 1 amide bonds. The molecule has 0 bridgehead atoms. The Balaban J connectivity index is 2.74. The van der Waals surface area contributed by atoms with Crippen LogP contribution in [0.3, 0.4) is 0 Å². The molecule has 0 spiro atoms. The van der Waals surface area contributed by atoms with Crippen molar-refractivity contribution in [2.45, 2.75) is 19.9 Å². The van der Waals surface area contributed by atoms with Gasteiger partial charge in [0.1, 0.15) is 6.26 Å². The Kier molecular flexibility index (Phi) is 4.01. The Morgan fingerprint density at radius 2 is 2.36 bits per heavy atom. The molecule has 4 heteroatoms. The lowest BCUT2D eigenvalue weighted by atomic mass is 10.2. The summed E-state index contributed by atoms with van der Waals surface area (Å²) < 4.78 is 4.86. The summed E-state index contributed by atoms with van der Waals surface area (Å²) in [5.74, 6) is 0.413. The van der Waals surface area contributed by atoms with Crippen LogP contribution in [0.15, 0.2) is 23.0 Å². The molecule has 0 saturated heterocycles. The normalized spacial score (nSPS) is 10.6. The molecule has 0 aliphatic heterocycles. The second kappa shape index (κ2) is 5.05. The highest BCUT2D eigenvalue weighted by Crippen LogP contribution is 2.08. The molecule has 1 heterocycles. The number of carbonyl (C=O) groups is 1. The second-order valence-electron chi connectivity index (χ2n) is 3.29. The number of furan rings is 1. The smallest absolute Gasteiger partial charge is 0.257 e. The highest BCUT2D eigenvalue weighted by molar-refractivity contribution is 6.18. The Labute approximate surface area is 88.6 Å². The second-order valence-corrected chi connectivity index (χ2v) is 3.67. The summed E-state index contributed by atoms with van der Waals surface area (Å²) in [7, 11) is 0. The van der Waals surface area contributed by atoms with Gasteiger partial charge in [-0.3, -0.25) is 4.79 Å². The minimum absolute atomic E-state index is 0.0330. The van der Waals surface area contributed by atoms with Crippen LogP contribution in [0.4, 0.5) is 0 Å². The zero-order chi connectivity index (χ0) is 10.6. The minimum atomic E-state index is -0.0330. The van der Waals surface area contributed by atoms with Crippen molar-refractivity contribution in [3.05, 3.63) is 24.2 Å². The lowest BCUT2D eigenvalue weighted by Gasteiger charge is -2.25. The van der Waals surface area contributed by atoms with E-state index in [-0.39, 0.29) is 11.9 Å². The molecule has 0 saturated carbocycles. The molecule has 78 valence electrons. The lowest BCUT2D eigenvalue weighted by Crippen LogP contribution is -2.38. The summed E-state index contributed by atoms with van der Waals surface area (Å²) in [6.07, 6.45) is 2.94. The van der Waals surface area contributed by atoms with E-state index in [0.29, 0.717) is 18.0 Å². The van der Waals surface area contributed by atoms with Gasteiger partial charge in [0.2, 0.25) is 0 Å². The predicted molar refractivity (Wildman–Crippen MR) is 55.6 cm³/mol. The maximum Gasteiger partial charge on any atom is 0.257 e. The largest absolute Gasteiger partial charge is 0.472 e. The van der Waals surface area contributed by atoms with Gasteiger partial charge in [-0.2, -0.15) is 0 Å². The van der Waals surface area contributed by atoms with Gasteiger partial charge in [0.05, 0.1) is 11.8 Å². The van der Waals surface area contributed by atoms with E-state index in [4.69, 9.17) is 16.0 Å². The first-order valence-corrected chi connectivity index (χ1v) is 5.09. The summed E-state index contributed by atoms with van der Waals surface area (Å²) in [6, 6.07) is 1.81. The van der Waals surface area contributed by atoms with E-state index >= 15 is 0 Å². The van der Waals surface area contributed by atoms with Gasteiger partial charge < -0.3 is 9.32 Å². The van der Waals surface area contributed by atoms with Crippen molar-refractivity contribution in [2.24, 2.45) is 0 Å². The van der Waals surface area contributed by atoms with Crippen LogP contribution in [-0.2, 0) is 0 Å². The SMILES string of the molecule is CC(C)N(CCCl)C(=O)c1ccoc1. The molecule has 0 radical (unpaired) electrons. The summed E-state index contributed by atoms with van der Waals surface area (Å²) in [5.41, 5.74) is 0.573. The van der Waals surface area contributed by atoms with Crippen LogP contribution >= 0.6 is 11.6 Å². The summed E-state index contributed by atoms with van der Waals surface area (Å²) in [5, 5.41) is 0. The van der Waals surface area contributed by atoms with Crippen LogP contribution in [0.5, 0.6) is 0 Å². The van der Waals surface area contributed by atoms with Gasteiger partial charge in [0, 0.05) is 18.5 Å². The monoisotopic (exact) mass is 215 g/mol. The third kappa shape index (κ3) is 2.51. The highest BCUT2D eigenvalue weighted by atomic mass is 35.5. The van der Waals surface area contributed by atoms with Crippen LogP contribution in [0.2, 0.25) is 0 Å². The standard InChI is InChI=1S/C10H14ClNO2/c1-8(2)12(5-4-11)10(13)9-3-6-14-7-9/h3,6-8H,4-5H2,1-2H3. The van der Waals surface area contributed by atoms with Gasteiger partial charge in [-0.1, -0.05) is 0 Å². The minimum Gasteiger partial charge on any atom is -0.472 e. The van der Waals surface area contributed by atoms with Gasteiger partial charge >= 0.3 is 0 Å². The molecule has 0 fully saturated rings. The van der Waals surface area contributed by atoms with Gasteiger partial charge in [-0.25, -0.2) is 0 Å². The molecular formula is C10H14ClNO2. The van der Waals surface area contributed by atoms with Crippen molar-refractivity contribution >= 4 is 17.5 Å². The molecule has 1 aromatic rings. The molecule has 1 rings (SSSR count). The number of rotatable bonds is 4. The predicted octanol–water partition coefficient (Wildman–Crippen LogP) is 2.37. The molecule has 0 atom stereocenters. The zero-order valence-corrected chi connectivity index (χ0v) is 9.12. The average molecular weight is 216 g/mol. The molecule has 0 aromatic carbocycles. The zero-order valence-electron chi connectivity index (χ0n) is 8.37. The molecule has 0 aliphatic rings. The molecular weight excluding hydrogens is 202 g/mol. The summed E-state index contributed by atoms with van der Waals surface area (Å²) >= 11 is 5.63. The van der Waals surface area contributed by atoms with Crippen LogP contribution < -0.4 is 0 Å². The van der Waals surface area contributed by atoms with Gasteiger partial charge in [-0.15, -0.1) is 11.6 Å². The van der Waals surface area contributed by atoms with E-state index in [2.05, 4.69) is 0 Å². The van der Waals surface area contributed by atoms with Gasteiger partial charge in [0.15, 0.2) is 0 Å². The fourth-order valence-corrected chi connectivity index (χ4v) is 1.42. The Bertz CT molecular complexity index is 282. The first-order valence-electron chi connectivity index (χ1n) is 4.56. The quantitative estimate of drug-likeness (QED) is 0.723. The summed E-state index contributed by atoms with van der Waals surface area (Å²) in [6.45, 7) is 4.48. The molecule has 3 nitrogen and oxygen atoms in total. The number of nitrogens with zero attached hydrogens (tertiary/aromatic N) is 1. The highest BCUT2D eigenvalue weighted by Gasteiger charge is 2.18. The summed E-state index contributed by atoms with van der Waals surface area (Å²) in [4.78, 5) is 13.6. The molecule has 1 aromatic heterocycles. The first-order chi connectivity index (χ1) is 6.66. The Morgan fingerprint density at radius 1 is 1.64 bits per heavy atom. The fourth-order valence-electron chi connectivity index (χ4n) is 1.24. The van der Waals surface area contributed by atoms with E-state index in [9.17, 15) is 4.79 Å². The van der Waals surface area contributed by atoms with Crippen LogP contribution in [-0.4, -0.2) is 29.3 Å². The Morgan fingerprint density at radius 3 is 2.79 bits per heavy atom. The van der Waals surface area contributed by atoms with Crippen LogP contribution in [0.1, 0.15) is 24.2 Å². The first kappa shape index (κ1) is 11.1. The van der Waals surface area contributed by atoms with Crippen molar-refractivity contribution in [1.82, 2.24) is 4.90 Å².